The second kappa shape index (κ2) is 13.7. The monoisotopic (exact) mass is 480 g/mol. The SMILES string of the molecule is CCN(CC)CCN(C(=O)OC1CC(C)CCC1C(C)C)C(=O)OC1CC(C)CCC1C(C)C. The van der Waals surface area contributed by atoms with E-state index in [1.54, 1.807) is 0 Å². The van der Waals surface area contributed by atoms with Crippen molar-refractivity contribution < 1.29 is 19.1 Å². The summed E-state index contributed by atoms with van der Waals surface area (Å²) < 4.78 is 12.1. The number of amides is 2. The summed E-state index contributed by atoms with van der Waals surface area (Å²) in [6, 6.07) is 0. The maximum atomic E-state index is 13.4. The molecule has 0 aliphatic heterocycles. The predicted molar refractivity (Wildman–Crippen MR) is 138 cm³/mol. The van der Waals surface area contributed by atoms with Crippen molar-refractivity contribution in [2.75, 3.05) is 26.2 Å². The molecule has 0 heterocycles. The van der Waals surface area contributed by atoms with Crippen LogP contribution in [0.5, 0.6) is 0 Å². The Morgan fingerprint density at radius 1 is 0.735 bits per heavy atom. The second-order valence-electron chi connectivity index (χ2n) is 11.7. The molecule has 0 aromatic carbocycles. The van der Waals surface area contributed by atoms with Gasteiger partial charge in [-0.05, 0) is 74.3 Å². The van der Waals surface area contributed by atoms with E-state index < -0.39 is 12.2 Å². The molecule has 2 saturated carbocycles. The average molecular weight is 481 g/mol. The van der Waals surface area contributed by atoms with Gasteiger partial charge in [-0.1, -0.05) is 68.2 Å². The molecule has 0 bridgehead atoms. The summed E-state index contributed by atoms with van der Waals surface area (Å²) >= 11 is 0. The zero-order valence-corrected chi connectivity index (χ0v) is 23.2. The van der Waals surface area contributed by atoms with Crippen molar-refractivity contribution >= 4 is 12.2 Å². The summed E-state index contributed by atoms with van der Waals surface area (Å²) in [4.78, 5) is 30.3. The molecule has 0 radical (unpaired) electrons. The van der Waals surface area contributed by atoms with Crippen molar-refractivity contribution in [3.63, 3.8) is 0 Å². The van der Waals surface area contributed by atoms with Crippen LogP contribution in [0.15, 0.2) is 0 Å². The number of imide groups is 1. The number of carbonyl (C=O) groups is 2. The van der Waals surface area contributed by atoms with E-state index in [2.05, 4.69) is 60.3 Å². The molecule has 2 aliphatic rings. The number of nitrogens with zero attached hydrogens (tertiary/aromatic N) is 2. The van der Waals surface area contributed by atoms with Crippen LogP contribution in [0.1, 0.15) is 93.9 Å². The Kier molecular flexibility index (Phi) is 11.7. The van der Waals surface area contributed by atoms with Crippen LogP contribution in [-0.2, 0) is 9.47 Å². The Balaban J connectivity index is 2.16. The van der Waals surface area contributed by atoms with E-state index in [4.69, 9.17) is 9.47 Å². The van der Waals surface area contributed by atoms with Crippen molar-refractivity contribution in [1.29, 1.82) is 0 Å². The highest BCUT2D eigenvalue weighted by Gasteiger charge is 2.38. The minimum Gasteiger partial charge on any atom is -0.445 e. The minimum absolute atomic E-state index is 0.141. The van der Waals surface area contributed by atoms with Crippen molar-refractivity contribution in [3.8, 4) is 0 Å². The normalized spacial score (nSPS) is 30.0. The van der Waals surface area contributed by atoms with Crippen LogP contribution >= 0.6 is 0 Å². The van der Waals surface area contributed by atoms with Crippen molar-refractivity contribution in [3.05, 3.63) is 0 Å². The van der Waals surface area contributed by atoms with E-state index >= 15 is 0 Å². The Bertz CT molecular complexity index is 588. The van der Waals surface area contributed by atoms with E-state index in [1.165, 1.54) is 17.7 Å². The Hall–Kier alpha value is -1.30. The highest BCUT2D eigenvalue weighted by atomic mass is 16.6. The fraction of sp³-hybridized carbons (Fsp3) is 0.929. The number of rotatable bonds is 9. The molecule has 6 nitrogen and oxygen atoms in total. The molecule has 2 rings (SSSR count). The number of likely N-dealkylation sites (N-methyl/N-ethyl adjacent to an activating group) is 1. The zero-order valence-electron chi connectivity index (χ0n) is 23.2. The van der Waals surface area contributed by atoms with E-state index in [1.807, 2.05) is 0 Å². The second-order valence-corrected chi connectivity index (χ2v) is 11.7. The van der Waals surface area contributed by atoms with Gasteiger partial charge < -0.3 is 14.4 Å². The first-order valence-electron chi connectivity index (χ1n) is 14.0. The van der Waals surface area contributed by atoms with Gasteiger partial charge in [0.1, 0.15) is 12.2 Å². The fourth-order valence-corrected chi connectivity index (χ4v) is 5.93. The van der Waals surface area contributed by atoms with Crippen LogP contribution in [0.25, 0.3) is 0 Å². The summed E-state index contributed by atoms with van der Waals surface area (Å²) in [5.41, 5.74) is 0. The Morgan fingerprint density at radius 2 is 1.15 bits per heavy atom. The quantitative estimate of drug-likeness (QED) is 0.362. The number of ether oxygens (including phenoxy) is 2. The van der Waals surface area contributed by atoms with Crippen LogP contribution in [0.4, 0.5) is 9.59 Å². The first-order chi connectivity index (χ1) is 16.1. The molecule has 6 atom stereocenters. The molecule has 2 amide bonds. The number of hydrogen-bond donors (Lipinski definition) is 0. The predicted octanol–water partition coefficient (Wildman–Crippen LogP) is 6.83. The van der Waals surface area contributed by atoms with Gasteiger partial charge in [0.15, 0.2) is 0 Å². The molecule has 6 heteroatoms. The molecule has 6 unspecified atom stereocenters. The molecule has 2 aliphatic carbocycles. The van der Waals surface area contributed by atoms with Gasteiger partial charge in [0.2, 0.25) is 0 Å². The minimum atomic E-state index is -0.535. The lowest BCUT2D eigenvalue weighted by molar-refractivity contribution is -0.0284. The van der Waals surface area contributed by atoms with Crippen LogP contribution in [0, 0.1) is 35.5 Å². The molecular formula is C28H52N2O4. The molecular weight excluding hydrogens is 428 g/mol. The highest BCUT2D eigenvalue weighted by Crippen LogP contribution is 2.37. The third kappa shape index (κ3) is 8.13. The van der Waals surface area contributed by atoms with Gasteiger partial charge in [-0.3, -0.25) is 0 Å². The van der Waals surface area contributed by atoms with Gasteiger partial charge in [-0.15, -0.1) is 0 Å². The third-order valence-corrected chi connectivity index (χ3v) is 8.40. The standard InChI is InChI=1S/C28H52N2O4/c1-9-29(10-2)15-16-30(27(31)33-25-17-21(7)11-13-23(25)19(3)4)28(32)34-26-18-22(8)12-14-24(26)20(5)6/h19-26H,9-18H2,1-8H3. The summed E-state index contributed by atoms with van der Waals surface area (Å²) in [6.07, 6.45) is 4.84. The van der Waals surface area contributed by atoms with Gasteiger partial charge in [0.25, 0.3) is 0 Å². The van der Waals surface area contributed by atoms with Crippen molar-refractivity contribution in [2.24, 2.45) is 35.5 Å². The molecule has 0 saturated heterocycles. The van der Waals surface area contributed by atoms with Crippen LogP contribution in [-0.4, -0.2) is 60.4 Å². The van der Waals surface area contributed by atoms with Crippen molar-refractivity contribution in [2.45, 2.75) is 106 Å². The van der Waals surface area contributed by atoms with E-state index in [-0.39, 0.29) is 12.2 Å². The van der Waals surface area contributed by atoms with Crippen molar-refractivity contribution in [1.82, 2.24) is 9.80 Å². The van der Waals surface area contributed by atoms with Gasteiger partial charge in [-0.25, -0.2) is 14.5 Å². The fourth-order valence-electron chi connectivity index (χ4n) is 5.93. The average Bonchev–Trinajstić information content (AvgIpc) is 2.76. The van der Waals surface area contributed by atoms with Crippen LogP contribution in [0.3, 0.4) is 0 Å². The highest BCUT2D eigenvalue weighted by molar-refractivity contribution is 5.88. The van der Waals surface area contributed by atoms with Gasteiger partial charge in [0.05, 0.1) is 0 Å². The van der Waals surface area contributed by atoms with E-state index in [0.29, 0.717) is 48.6 Å². The van der Waals surface area contributed by atoms with E-state index in [0.717, 1.165) is 38.8 Å². The molecule has 0 spiro atoms. The lowest BCUT2D eigenvalue weighted by Gasteiger charge is -2.39. The summed E-state index contributed by atoms with van der Waals surface area (Å²) in [7, 11) is 0. The largest absolute Gasteiger partial charge is 0.445 e. The molecule has 0 aromatic heterocycles. The number of carbonyl (C=O) groups excluding carboxylic acids is 2. The molecule has 2 fully saturated rings. The number of hydrogen-bond acceptors (Lipinski definition) is 5. The summed E-state index contributed by atoms with van der Waals surface area (Å²) in [5.74, 6) is 2.61. The van der Waals surface area contributed by atoms with Gasteiger partial charge in [0, 0.05) is 13.1 Å². The summed E-state index contributed by atoms with van der Waals surface area (Å²) in [5, 5.41) is 0. The first kappa shape index (κ1) is 28.9. The molecule has 34 heavy (non-hydrogen) atoms. The van der Waals surface area contributed by atoms with Crippen LogP contribution < -0.4 is 0 Å². The smallest absolute Gasteiger partial charge is 0.419 e. The Morgan fingerprint density at radius 3 is 1.50 bits per heavy atom. The molecule has 0 aromatic rings. The maximum Gasteiger partial charge on any atom is 0.419 e. The first-order valence-corrected chi connectivity index (χ1v) is 14.0. The van der Waals surface area contributed by atoms with Crippen LogP contribution in [0.2, 0.25) is 0 Å². The summed E-state index contributed by atoms with van der Waals surface area (Å²) in [6.45, 7) is 20.1. The maximum absolute atomic E-state index is 13.4. The molecule has 198 valence electrons. The lowest BCUT2D eigenvalue weighted by Crippen LogP contribution is -2.48. The topological polar surface area (TPSA) is 59.1 Å². The van der Waals surface area contributed by atoms with Gasteiger partial charge in [-0.2, -0.15) is 0 Å². The molecule has 0 N–H and O–H groups in total. The van der Waals surface area contributed by atoms with Gasteiger partial charge >= 0.3 is 12.2 Å². The zero-order chi connectivity index (χ0) is 25.4. The van der Waals surface area contributed by atoms with E-state index in [9.17, 15) is 9.59 Å². The lowest BCUT2D eigenvalue weighted by atomic mass is 9.75. The Labute approximate surface area is 209 Å². The third-order valence-electron chi connectivity index (χ3n) is 8.40.